The molecule has 1 saturated carbocycles. The standard InChI is InChI=1S/C24H35N3O6/c1-4-33-24(31)27-20-11-9-18(10-12-20)23(30)26-15-21(28)25-14-19(13-22(29)32-3)17-7-5-16(2)6-8-17/h9-12,16-17,19H,4-8,13-15H2,1-3H3,(H,25,28)(H,26,30)(H,27,31). The van der Waals surface area contributed by atoms with Gasteiger partial charge in [0.1, 0.15) is 0 Å². The van der Waals surface area contributed by atoms with Gasteiger partial charge in [0.05, 0.1) is 26.7 Å². The summed E-state index contributed by atoms with van der Waals surface area (Å²) in [5, 5.41) is 7.98. The summed E-state index contributed by atoms with van der Waals surface area (Å²) in [6.07, 6.45) is 4.03. The van der Waals surface area contributed by atoms with E-state index in [1.165, 1.54) is 7.11 Å². The SMILES string of the molecule is CCOC(=O)Nc1ccc(C(=O)NCC(=O)NCC(CC(=O)OC)C2CCC(C)CC2)cc1. The summed E-state index contributed by atoms with van der Waals surface area (Å²) >= 11 is 0. The Labute approximate surface area is 195 Å². The van der Waals surface area contributed by atoms with Gasteiger partial charge in [-0.05, 0) is 61.8 Å². The fraction of sp³-hybridized carbons (Fsp3) is 0.583. The van der Waals surface area contributed by atoms with Crippen LogP contribution in [0, 0.1) is 17.8 Å². The number of rotatable bonds is 10. The van der Waals surface area contributed by atoms with Crippen molar-refractivity contribution in [2.45, 2.75) is 46.0 Å². The highest BCUT2D eigenvalue weighted by molar-refractivity contribution is 5.97. The van der Waals surface area contributed by atoms with Crippen LogP contribution in [0.1, 0.15) is 56.3 Å². The molecule has 0 radical (unpaired) electrons. The molecule has 9 heteroatoms. The molecule has 33 heavy (non-hydrogen) atoms. The zero-order valence-electron chi connectivity index (χ0n) is 19.6. The lowest BCUT2D eigenvalue weighted by Gasteiger charge is -2.32. The molecule has 1 unspecified atom stereocenters. The number of nitrogens with one attached hydrogen (secondary N) is 3. The predicted octanol–water partition coefficient (Wildman–Crippen LogP) is 3.11. The maximum absolute atomic E-state index is 12.3. The lowest BCUT2D eigenvalue weighted by atomic mass is 9.75. The van der Waals surface area contributed by atoms with E-state index in [-0.39, 0.29) is 37.4 Å². The number of benzene rings is 1. The van der Waals surface area contributed by atoms with Gasteiger partial charge in [-0.2, -0.15) is 0 Å². The Bertz CT molecular complexity index is 803. The van der Waals surface area contributed by atoms with Crippen LogP contribution in [0.5, 0.6) is 0 Å². The van der Waals surface area contributed by atoms with Gasteiger partial charge in [-0.1, -0.05) is 19.8 Å². The van der Waals surface area contributed by atoms with E-state index in [0.29, 0.717) is 29.6 Å². The number of hydrogen-bond donors (Lipinski definition) is 3. The van der Waals surface area contributed by atoms with Crippen molar-refractivity contribution in [2.75, 3.05) is 32.1 Å². The molecule has 1 fully saturated rings. The first kappa shape index (κ1) is 26.2. The number of ether oxygens (including phenoxy) is 2. The van der Waals surface area contributed by atoms with Gasteiger partial charge in [0, 0.05) is 17.8 Å². The minimum absolute atomic E-state index is 0.0176. The second kappa shape index (κ2) is 13.4. The van der Waals surface area contributed by atoms with Gasteiger partial charge in [0.25, 0.3) is 5.91 Å². The molecule has 0 saturated heterocycles. The summed E-state index contributed by atoms with van der Waals surface area (Å²) in [4.78, 5) is 47.9. The Morgan fingerprint density at radius 3 is 2.30 bits per heavy atom. The summed E-state index contributed by atoms with van der Waals surface area (Å²) in [5.74, 6) is 0.0890. The number of carbonyl (C=O) groups excluding carboxylic acids is 4. The second-order valence-corrected chi connectivity index (χ2v) is 8.47. The third-order valence-electron chi connectivity index (χ3n) is 6.02. The number of carbonyl (C=O) groups is 4. The van der Waals surface area contributed by atoms with Crippen molar-refractivity contribution < 1.29 is 28.7 Å². The molecule has 0 aliphatic heterocycles. The highest BCUT2D eigenvalue weighted by Crippen LogP contribution is 2.34. The van der Waals surface area contributed by atoms with E-state index in [1.807, 2.05) is 0 Å². The van der Waals surface area contributed by atoms with Crippen LogP contribution in [0.3, 0.4) is 0 Å². The van der Waals surface area contributed by atoms with Crippen LogP contribution in [0.4, 0.5) is 10.5 Å². The first-order valence-corrected chi connectivity index (χ1v) is 11.5. The smallest absolute Gasteiger partial charge is 0.411 e. The van der Waals surface area contributed by atoms with Crippen LogP contribution in [0.2, 0.25) is 0 Å². The van der Waals surface area contributed by atoms with E-state index in [2.05, 4.69) is 22.9 Å². The van der Waals surface area contributed by atoms with Crippen molar-refractivity contribution in [1.82, 2.24) is 10.6 Å². The van der Waals surface area contributed by atoms with Crippen molar-refractivity contribution >= 4 is 29.6 Å². The molecular formula is C24H35N3O6. The lowest BCUT2D eigenvalue weighted by molar-refractivity contribution is -0.142. The summed E-state index contributed by atoms with van der Waals surface area (Å²) in [6, 6.07) is 6.25. The van der Waals surface area contributed by atoms with E-state index in [4.69, 9.17) is 9.47 Å². The van der Waals surface area contributed by atoms with E-state index >= 15 is 0 Å². The Morgan fingerprint density at radius 2 is 1.70 bits per heavy atom. The van der Waals surface area contributed by atoms with Gasteiger partial charge in [0.15, 0.2) is 0 Å². The number of esters is 1. The first-order chi connectivity index (χ1) is 15.8. The Morgan fingerprint density at radius 1 is 1.03 bits per heavy atom. The highest BCUT2D eigenvalue weighted by atomic mass is 16.5. The molecule has 0 bridgehead atoms. The molecule has 0 heterocycles. The van der Waals surface area contributed by atoms with Crippen molar-refractivity contribution in [1.29, 1.82) is 0 Å². The average molecular weight is 462 g/mol. The summed E-state index contributed by atoms with van der Waals surface area (Å²) in [7, 11) is 1.37. The second-order valence-electron chi connectivity index (χ2n) is 8.47. The summed E-state index contributed by atoms with van der Waals surface area (Å²) in [5.41, 5.74) is 0.855. The molecule has 3 N–H and O–H groups in total. The minimum atomic E-state index is -0.570. The molecular weight excluding hydrogens is 426 g/mol. The fourth-order valence-electron chi connectivity index (χ4n) is 4.02. The molecule has 1 aliphatic rings. The lowest BCUT2D eigenvalue weighted by Crippen LogP contribution is -2.41. The van der Waals surface area contributed by atoms with Crippen molar-refractivity contribution in [2.24, 2.45) is 17.8 Å². The third-order valence-corrected chi connectivity index (χ3v) is 6.02. The summed E-state index contributed by atoms with van der Waals surface area (Å²) < 4.78 is 9.63. The Balaban J connectivity index is 1.80. The molecule has 182 valence electrons. The van der Waals surface area contributed by atoms with Gasteiger partial charge in [-0.15, -0.1) is 0 Å². The zero-order valence-corrected chi connectivity index (χ0v) is 19.6. The van der Waals surface area contributed by atoms with Crippen LogP contribution in [-0.4, -0.2) is 50.7 Å². The number of hydrogen-bond acceptors (Lipinski definition) is 6. The van der Waals surface area contributed by atoms with Crippen LogP contribution in [0.15, 0.2) is 24.3 Å². The van der Waals surface area contributed by atoms with Crippen LogP contribution < -0.4 is 16.0 Å². The molecule has 1 atom stereocenters. The molecule has 1 aromatic rings. The number of anilines is 1. The number of methoxy groups -OCH3 is 1. The highest BCUT2D eigenvalue weighted by Gasteiger charge is 2.28. The van der Waals surface area contributed by atoms with Crippen LogP contribution >= 0.6 is 0 Å². The van der Waals surface area contributed by atoms with Gasteiger partial charge in [-0.25, -0.2) is 4.79 Å². The third kappa shape index (κ3) is 9.11. The quantitative estimate of drug-likeness (QED) is 0.460. The van der Waals surface area contributed by atoms with E-state index in [9.17, 15) is 19.2 Å². The maximum Gasteiger partial charge on any atom is 0.411 e. The molecule has 1 aliphatic carbocycles. The Kier molecular flexibility index (Phi) is 10.7. The molecule has 0 aromatic heterocycles. The van der Waals surface area contributed by atoms with Gasteiger partial charge in [-0.3, -0.25) is 19.7 Å². The minimum Gasteiger partial charge on any atom is -0.469 e. The monoisotopic (exact) mass is 461 g/mol. The summed E-state index contributed by atoms with van der Waals surface area (Å²) in [6.45, 7) is 4.41. The zero-order chi connectivity index (χ0) is 24.2. The van der Waals surface area contributed by atoms with Crippen LogP contribution in [-0.2, 0) is 19.1 Å². The fourth-order valence-corrected chi connectivity index (χ4v) is 4.02. The maximum atomic E-state index is 12.3. The predicted molar refractivity (Wildman–Crippen MR) is 124 cm³/mol. The van der Waals surface area contributed by atoms with E-state index < -0.39 is 12.0 Å². The van der Waals surface area contributed by atoms with Gasteiger partial charge < -0.3 is 20.1 Å². The molecule has 1 aromatic carbocycles. The largest absolute Gasteiger partial charge is 0.469 e. The van der Waals surface area contributed by atoms with E-state index in [1.54, 1.807) is 31.2 Å². The van der Waals surface area contributed by atoms with Crippen molar-refractivity contribution in [3.8, 4) is 0 Å². The van der Waals surface area contributed by atoms with Crippen molar-refractivity contribution in [3.05, 3.63) is 29.8 Å². The normalized spacial score (nSPS) is 18.5. The molecule has 3 amide bonds. The topological polar surface area (TPSA) is 123 Å². The molecule has 0 spiro atoms. The number of amides is 3. The van der Waals surface area contributed by atoms with Crippen molar-refractivity contribution in [3.63, 3.8) is 0 Å². The molecule has 2 rings (SSSR count). The van der Waals surface area contributed by atoms with Gasteiger partial charge >= 0.3 is 12.1 Å². The first-order valence-electron chi connectivity index (χ1n) is 11.5. The van der Waals surface area contributed by atoms with Gasteiger partial charge in [0.2, 0.25) is 5.91 Å². The average Bonchev–Trinajstić information content (AvgIpc) is 2.81. The Hall–Kier alpha value is -3.10. The molecule has 9 nitrogen and oxygen atoms in total. The van der Waals surface area contributed by atoms with E-state index in [0.717, 1.165) is 25.7 Å². The van der Waals surface area contributed by atoms with Crippen LogP contribution in [0.25, 0.3) is 0 Å².